The molecular formula is C18H20N2. The van der Waals surface area contributed by atoms with Gasteiger partial charge in [0.05, 0.1) is 11.3 Å². The molecule has 0 bridgehead atoms. The van der Waals surface area contributed by atoms with E-state index in [1.54, 1.807) is 0 Å². The van der Waals surface area contributed by atoms with E-state index in [-0.39, 0.29) is 0 Å². The Bertz CT molecular complexity index is 606. The van der Waals surface area contributed by atoms with Gasteiger partial charge in [-0.1, -0.05) is 37.6 Å². The van der Waals surface area contributed by atoms with Gasteiger partial charge in [0.1, 0.15) is 6.07 Å². The number of nitrogens with one attached hydrogen (secondary N) is 1. The predicted octanol–water partition coefficient (Wildman–Crippen LogP) is 4.95. The van der Waals surface area contributed by atoms with Crippen molar-refractivity contribution in [2.75, 3.05) is 5.32 Å². The highest BCUT2D eigenvalue weighted by Gasteiger charge is 2.05. The number of nitrogens with zero attached hydrogens (tertiary/aromatic N) is 1. The quantitative estimate of drug-likeness (QED) is 0.829. The summed E-state index contributed by atoms with van der Waals surface area (Å²) >= 11 is 0. The SMILES string of the molecule is CCCCc1ccc(Nc2c(C)cccc2C#N)cc1. The second kappa shape index (κ2) is 6.77. The Morgan fingerprint density at radius 3 is 2.50 bits per heavy atom. The van der Waals surface area contributed by atoms with E-state index in [4.69, 9.17) is 0 Å². The number of hydrogen-bond acceptors (Lipinski definition) is 2. The molecule has 0 aliphatic rings. The molecule has 2 heteroatoms. The summed E-state index contributed by atoms with van der Waals surface area (Å²) in [5, 5.41) is 12.5. The molecule has 0 saturated carbocycles. The highest BCUT2D eigenvalue weighted by Crippen LogP contribution is 2.24. The average Bonchev–Trinajstić information content (AvgIpc) is 2.48. The molecule has 0 heterocycles. The Morgan fingerprint density at radius 1 is 1.10 bits per heavy atom. The van der Waals surface area contributed by atoms with E-state index < -0.39 is 0 Å². The predicted molar refractivity (Wildman–Crippen MR) is 84.2 cm³/mol. The summed E-state index contributed by atoms with van der Waals surface area (Å²) in [6.45, 7) is 4.22. The van der Waals surface area contributed by atoms with Gasteiger partial charge in [-0.25, -0.2) is 0 Å². The fourth-order valence-corrected chi connectivity index (χ4v) is 2.21. The van der Waals surface area contributed by atoms with E-state index in [1.807, 2.05) is 25.1 Å². The van der Waals surface area contributed by atoms with Crippen molar-refractivity contribution in [3.8, 4) is 6.07 Å². The summed E-state index contributed by atoms with van der Waals surface area (Å²) in [7, 11) is 0. The highest BCUT2D eigenvalue weighted by atomic mass is 14.9. The molecule has 0 amide bonds. The number of aryl methyl sites for hydroxylation is 2. The van der Waals surface area contributed by atoms with Crippen LogP contribution in [-0.4, -0.2) is 0 Å². The summed E-state index contributed by atoms with van der Waals surface area (Å²) in [5.41, 5.74) is 5.05. The molecule has 2 nitrogen and oxygen atoms in total. The average molecular weight is 264 g/mol. The van der Waals surface area contributed by atoms with Gasteiger partial charge in [0, 0.05) is 5.69 Å². The summed E-state index contributed by atoms with van der Waals surface area (Å²) in [6, 6.07) is 16.5. The standard InChI is InChI=1S/C18H20N2/c1-3-4-7-15-9-11-17(12-10-15)20-18-14(2)6-5-8-16(18)13-19/h5-6,8-12,20H,3-4,7H2,1-2H3. The molecule has 0 aliphatic heterocycles. The van der Waals surface area contributed by atoms with E-state index >= 15 is 0 Å². The Labute approximate surface area is 121 Å². The van der Waals surface area contributed by atoms with Gasteiger partial charge in [-0.05, 0) is 49.1 Å². The summed E-state index contributed by atoms with van der Waals surface area (Å²) < 4.78 is 0. The molecule has 0 atom stereocenters. The van der Waals surface area contributed by atoms with Crippen LogP contribution in [-0.2, 0) is 6.42 Å². The summed E-state index contributed by atoms with van der Waals surface area (Å²) in [5.74, 6) is 0. The molecule has 0 spiro atoms. The normalized spacial score (nSPS) is 10.1. The van der Waals surface area contributed by atoms with Crippen LogP contribution in [0.1, 0.15) is 36.5 Å². The van der Waals surface area contributed by atoms with Crippen LogP contribution >= 0.6 is 0 Å². The van der Waals surface area contributed by atoms with E-state index in [9.17, 15) is 5.26 Å². The minimum Gasteiger partial charge on any atom is -0.354 e. The Kier molecular flexibility index (Phi) is 4.79. The number of anilines is 2. The minimum absolute atomic E-state index is 0.681. The highest BCUT2D eigenvalue weighted by molar-refractivity contribution is 5.69. The van der Waals surface area contributed by atoms with Gasteiger partial charge in [0.15, 0.2) is 0 Å². The van der Waals surface area contributed by atoms with Crippen molar-refractivity contribution in [1.82, 2.24) is 0 Å². The van der Waals surface area contributed by atoms with E-state index in [0.29, 0.717) is 5.56 Å². The fraction of sp³-hybridized carbons (Fsp3) is 0.278. The summed E-state index contributed by atoms with van der Waals surface area (Å²) in [6.07, 6.45) is 3.57. The number of para-hydroxylation sites is 1. The molecule has 0 aliphatic carbocycles. The third kappa shape index (κ3) is 3.39. The van der Waals surface area contributed by atoms with Crippen LogP contribution in [0.3, 0.4) is 0 Å². The third-order valence-electron chi connectivity index (χ3n) is 3.44. The fourth-order valence-electron chi connectivity index (χ4n) is 2.21. The van der Waals surface area contributed by atoms with Crippen LogP contribution < -0.4 is 5.32 Å². The molecule has 20 heavy (non-hydrogen) atoms. The molecule has 0 fully saturated rings. The lowest BCUT2D eigenvalue weighted by molar-refractivity contribution is 0.795. The molecule has 2 aromatic rings. The lowest BCUT2D eigenvalue weighted by Crippen LogP contribution is -1.96. The van der Waals surface area contributed by atoms with Gasteiger partial charge in [-0.2, -0.15) is 5.26 Å². The first-order valence-electron chi connectivity index (χ1n) is 7.10. The van der Waals surface area contributed by atoms with Crippen LogP contribution in [0.25, 0.3) is 0 Å². The zero-order valence-electron chi connectivity index (χ0n) is 12.1. The maximum Gasteiger partial charge on any atom is 0.101 e. The Hall–Kier alpha value is -2.27. The van der Waals surface area contributed by atoms with Crippen molar-refractivity contribution >= 4 is 11.4 Å². The van der Waals surface area contributed by atoms with Gasteiger partial charge in [-0.3, -0.25) is 0 Å². The van der Waals surface area contributed by atoms with Gasteiger partial charge in [-0.15, -0.1) is 0 Å². The van der Waals surface area contributed by atoms with Crippen LogP contribution in [0.4, 0.5) is 11.4 Å². The molecule has 0 aromatic heterocycles. The van der Waals surface area contributed by atoms with Crippen molar-refractivity contribution in [1.29, 1.82) is 5.26 Å². The minimum atomic E-state index is 0.681. The molecule has 0 unspecified atom stereocenters. The monoisotopic (exact) mass is 264 g/mol. The Balaban J connectivity index is 2.17. The number of nitriles is 1. The van der Waals surface area contributed by atoms with Gasteiger partial charge >= 0.3 is 0 Å². The zero-order chi connectivity index (χ0) is 14.4. The molecule has 1 N–H and O–H groups in total. The summed E-state index contributed by atoms with van der Waals surface area (Å²) in [4.78, 5) is 0. The maximum atomic E-state index is 9.17. The number of rotatable bonds is 5. The lowest BCUT2D eigenvalue weighted by Gasteiger charge is -2.11. The molecule has 0 radical (unpaired) electrons. The molecule has 0 saturated heterocycles. The maximum absolute atomic E-state index is 9.17. The first-order valence-corrected chi connectivity index (χ1v) is 7.10. The van der Waals surface area contributed by atoms with Crippen LogP contribution in [0, 0.1) is 18.3 Å². The lowest BCUT2D eigenvalue weighted by atomic mass is 10.1. The largest absolute Gasteiger partial charge is 0.354 e. The van der Waals surface area contributed by atoms with E-state index in [0.717, 1.165) is 23.4 Å². The van der Waals surface area contributed by atoms with Gasteiger partial charge in [0.2, 0.25) is 0 Å². The van der Waals surface area contributed by atoms with Crippen molar-refractivity contribution in [3.63, 3.8) is 0 Å². The van der Waals surface area contributed by atoms with Crippen molar-refractivity contribution < 1.29 is 0 Å². The number of benzene rings is 2. The van der Waals surface area contributed by atoms with E-state index in [2.05, 4.69) is 42.6 Å². The van der Waals surface area contributed by atoms with Crippen molar-refractivity contribution in [2.24, 2.45) is 0 Å². The Morgan fingerprint density at radius 2 is 1.85 bits per heavy atom. The van der Waals surface area contributed by atoms with E-state index in [1.165, 1.54) is 18.4 Å². The van der Waals surface area contributed by atoms with Crippen LogP contribution in [0.2, 0.25) is 0 Å². The second-order valence-corrected chi connectivity index (χ2v) is 5.03. The van der Waals surface area contributed by atoms with Crippen LogP contribution in [0.5, 0.6) is 0 Å². The van der Waals surface area contributed by atoms with Crippen LogP contribution in [0.15, 0.2) is 42.5 Å². The first kappa shape index (κ1) is 14.1. The van der Waals surface area contributed by atoms with Crippen molar-refractivity contribution in [3.05, 3.63) is 59.2 Å². The molecule has 2 rings (SSSR count). The second-order valence-electron chi connectivity index (χ2n) is 5.03. The molecule has 102 valence electrons. The number of hydrogen-bond donors (Lipinski definition) is 1. The third-order valence-corrected chi connectivity index (χ3v) is 3.44. The molecular weight excluding hydrogens is 244 g/mol. The topological polar surface area (TPSA) is 35.8 Å². The first-order chi connectivity index (χ1) is 9.74. The molecule has 2 aromatic carbocycles. The van der Waals surface area contributed by atoms with Crippen molar-refractivity contribution in [2.45, 2.75) is 33.1 Å². The van der Waals surface area contributed by atoms with Gasteiger partial charge < -0.3 is 5.32 Å². The smallest absolute Gasteiger partial charge is 0.101 e. The van der Waals surface area contributed by atoms with Gasteiger partial charge in [0.25, 0.3) is 0 Å². The zero-order valence-corrected chi connectivity index (χ0v) is 12.1. The number of unbranched alkanes of at least 4 members (excludes halogenated alkanes) is 1.